The third kappa shape index (κ3) is 4.20. The molecule has 0 saturated heterocycles. The first kappa shape index (κ1) is 27.3. The molecule has 1 aliphatic carbocycles. The zero-order chi connectivity index (χ0) is 31.6. The van der Waals surface area contributed by atoms with E-state index in [9.17, 15) is 0 Å². The molecule has 1 aliphatic rings. The maximum absolute atomic E-state index is 5.38. The van der Waals surface area contributed by atoms with Crippen LogP contribution in [-0.2, 0) is 6.42 Å². The molecule has 0 spiro atoms. The van der Waals surface area contributed by atoms with Crippen LogP contribution in [0.2, 0.25) is 0 Å². The Morgan fingerprint density at radius 2 is 1.08 bits per heavy atom. The molecule has 48 heavy (non-hydrogen) atoms. The number of hydrogen-bond acceptors (Lipinski definition) is 3. The van der Waals surface area contributed by atoms with Crippen LogP contribution in [0.1, 0.15) is 23.2 Å². The molecule has 0 bridgehead atoms. The van der Waals surface area contributed by atoms with E-state index in [-0.39, 0.29) is 0 Å². The summed E-state index contributed by atoms with van der Waals surface area (Å²) in [5.41, 5.74) is 10.4. The highest BCUT2D eigenvalue weighted by Gasteiger charge is 2.28. The van der Waals surface area contributed by atoms with Crippen molar-refractivity contribution < 1.29 is 0 Å². The topological polar surface area (TPSA) is 30.7 Å². The van der Waals surface area contributed by atoms with E-state index in [1.165, 1.54) is 64.2 Å². The van der Waals surface area contributed by atoms with Crippen LogP contribution in [0, 0.1) is 0 Å². The fraction of sp³-hybridized carbons (Fsp3) is 0.0455. The van der Waals surface area contributed by atoms with E-state index in [1.807, 2.05) is 11.3 Å². The van der Waals surface area contributed by atoms with Crippen molar-refractivity contribution in [2.45, 2.75) is 12.8 Å². The Morgan fingerprint density at radius 3 is 1.75 bits per heavy atom. The Balaban J connectivity index is 1.39. The van der Waals surface area contributed by atoms with Crippen molar-refractivity contribution in [3.63, 3.8) is 0 Å². The van der Waals surface area contributed by atoms with Crippen molar-refractivity contribution in [3.05, 3.63) is 162 Å². The summed E-state index contributed by atoms with van der Waals surface area (Å²) >= 11 is 1.90. The molecule has 3 heterocycles. The molecular formula is C44H29N3S. The van der Waals surface area contributed by atoms with Crippen LogP contribution in [0.4, 0.5) is 0 Å². The molecule has 0 radical (unpaired) electrons. The Hall–Kier alpha value is -5.84. The smallest absolute Gasteiger partial charge is 0.235 e. The van der Waals surface area contributed by atoms with Gasteiger partial charge in [0.15, 0.2) is 0 Å². The molecule has 3 nitrogen and oxygen atoms in total. The minimum absolute atomic E-state index is 0.710. The molecule has 3 aromatic heterocycles. The molecular weight excluding hydrogens is 603 g/mol. The number of allylic oxidation sites excluding steroid dienone is 1. The van der Waals surface area contributed by atoms with Gasteiger partial charge in [-0.15, -0.1) is 11.3 Å². The average Bonchev–Trinajstić information content (AvgIpc) is 3.72. The highest BCUT2D eigenvalue weighted by Crippen LogP contribution is 2.49. The van der Waals surface area contributed by atoms with Gasteiger partial charge in [-0.1, -0.05) is 133 Å². The van der Waals surface area contributed by atoms with Gasteiger partial charge in [-0.25, -0.2) is 9.97 Å². The van der Waals surface area contributed by atoms with Gasteiger partial charge in [-0.2, -0.15) is 0 Å². The van der Waals surface area contributed by atoms with Crippen LogP contribution in [0.25, 0.3) is 82.0 Å². The third-order valence-corrected chi connectivity index (χ3v) is 10.9. The molecule has 0 saturated carbocycles. The van der Waals surface area contributed by atoms with Gasteiger partial charge in [0, 0.05) is 58.7 Å². The predicted molar refractivity (Wildman–Crippen MR) is 203 cm³/mol. The molecule has 9 aromatic rings. The van der Waals surface area contributed by atoms with Gasteiger partial charge < -0.3 is 0 Å². The number of rotatable bonds is 4. The van der Waals surface area contributed by atoms with Gasteiger partial charge in [0.25, 0.3) is 0 Å². The van der Waals surface area contributed by atoms with E-state index >= 15 is 0 Å². The zero-order valence-electron chi connectivity index (χ0n) is 26.1. The van der Waals surface area contributed by atoms with Crippen molar-refractivity contribution >= 4 is 64.8 Å². The SMILES string of the molecule is C1=C(c2ccccc2)CCc2c1c1c3c4ccccc4sc3c3ccccc3c1n2-c1nc(-c2ccccc2)cc(-c2ccccc2)n1. The maximum atomic E-state index is 5.38. The largest absolute Gasteiger partial charge is 0.281 e. The van der Waals surface area contributed by atoms with E-state index < -0.39 is 0 Å². The van der Waals surface area contributed by atoms with Gasteiger partial charge in [0.05, 0.1) is 16.9 Å². The highest BCUT2D eigenvalue weighted by atomic mass is 32.1. The van der Waals surface area contributed by atoms with E-state index in [2.05, 4.69) is 156 Å². The van der Waals surface area contributed by atoms with Crippen molar-refractivity contribution in [3.8, 4) is 28.5 Å². The summed E-state index contributed by atoms with van der Waals surface area (Å²) in [6, 6.07) is 51.7. The number of aromatic nitrogens is 3. The first-order chi connectivity index (χ1) is 23.8. The van der Waals surface area contributed by atoms with E-state index in [1.54, 1.807) is 0 Å². The summed E-state index contributed by atoms with van der Waals surface area (Å²) in [7, 11) is 0. The van der Waals surface area contributed by atoms with Crippen molar-refractivity contribution in [2.75, 3.05) is 0 Å². The second kappa shape index (κ2) is 10.9. The predicted octanol–water partition coefficient (Wildman–Crippen LogP) is 11.8. The number of benzene rings is 6. The van der Waals surface area contributed by atoms with Crippen LogP contribution in [-0.4, -0.2) is 14.5 Å². The first-order valence-electron chi connectivity index (χ1n) is 16.5. The number of thiophene rings is 1. The summed E-state index contributed by atoms with van der Waals surface area (Å²) in [5.74, 6) is 0.710. The molecule has 6 aromatic carbocycles. The van der Waals surface area contributed by atoms with Gasteiger partial charge in [0.1, 0.15) is 0 Å². The van der Waals surface area contributed by atoms with Crippen molar-refractivity contribution in [1.29, 1.82) is 0 Å². The minimum atomic E-state index is 0.710. The van der Waals surface area contributed by atoms with Crippen molar-refractivity contribution in [1.82, 2.24) is 14.5 Å². The third-order valence-electron chi connectivity index (χ3n) is 9.73. The fourth-order valence-corrected chi connectivity index (χ4v) is 8.82. The number of nitrogens with zero attached hydrogens (tertiary/aromatic N) is 3. The number of fused-ring (bicyclic) bond motifs is 10. The Bertz CT molecular complexity index is 2640. The maximum Gasteiger partial charge on any atom is 0.235 e. The molecule has 0 atom stereocenters. The van der Waals surface area contributed by atoms with Gasteiger partial charge in [-0.3, -0.25) is 4.57 Å². The van der Waals surface area contributed by atoms with E-state index in [0.29, 0.717) is 5.95 Å². The summed E-state index contributed by atoms with van der Waals surface area (Å²) in [6.45, 7) is 0. The first-order valence-corrected chi connectivity index (χ1v) is 17.3. The standard InChI is InChI=1S/C44H29N3S/c1-4-14-28(15-5-1)31-24-25-38-35(26-31)40-41-34-22-12-13-23-39(34)48-43(41)33-21-11-10-20-32(33)42(40)47(38)44-45-36(29-16-6-2-7-17-29)27-37(46-44)30-18-8-3-9-19-30/h1-23,26-27H,24-25H2. The molecule has 4 heteroatoms. The van der Waals surface area contributed by atoms with Crippen LogP contribution in [0.5, 0.6) is 0 Å². The lowest BCUT2D eigenvalue weighted by atomic mass is 9.90. The Kier molecular flexibility index (Phi) is 6.18. The lowest BCUT2D eigenvalue weighted by molar-refractivity contribution is 0.855. The summed E-state index contributed by atoms with van der Waals surface area (Å²) in [4.78, 5) is 10.8. The van der Waals surface area contributed by atoms with Gasteiger partial charge in [0.2, 0.25) is 5.95 Å². The second-order valence-corrected chi connectivity index (χ2v) is 13.5. The molecule has 0 unspecified atom stereocenters. The lowest BCUT2D eigenvalue weighted by Gasteiger charge is -2.18. The molecule has 0 amide bonds. The van der Waals surface area contributed by atoms with Crippen LogP contribution in [0.3, 0.4) is 0 Å². The summed E-state index contributed by atoms with van der Waals surface area (Å²) in [6.07, 6.45) is 4.29. The summed E-state index contributed by atoms with van der Waals surface area (Å²) < 4.78 is 5.04. The summed E-state index contributed by atoms with van der Waals surface area (Å²) in [5, 5.41) is 6.42. The van der Waals surface area contributed by atoms with Crippen LogP contribution >= 0.6 is 11.3 Å². The normalized spacial score (nSPS) is 13.0. The Labute approximate surface area is 282 Å². The van der Waals surface area contributed by atoms with Crippen molar-refractivity contribution in [2.24, 2.45) is 0 Å². The van der Waals surface area contributed by atoms with Gasteiger partial charge in [-0.05, 0) is 42.2 Å². The minimum Gasteiger partial charge on any atom is -0.281 e. The Morgan fingerprint density at radius 1 is 0.521 bits per heavy atom. The van der Waals surface area contributed by atoms with E-state index in [0.717, 1.165) is 35.4 Å². The van der Waals surface area contributed by atoms with E-state index in [4.69, 9.17) is 9.97 Å². The van der Waals surface area contributed by atoms with Crippen LogP contribution in [0.15, 0.2) is 146 Å². The number of hydrogen-bond donors (Lipinski definition) is 0. The van der Waals surface area contributed by atoms with Crippen LogP contribution < -0.4 is 0 Å². The second-order valence-electron chi connectivity index (χ2n) is 12.5. The highest BCUT2D eigenvalue weighted by molar-refractivity contribution is 7.27. The quantitative estimate of drug-likeness (QED) is 0.193. The monoisotopic (exact) mass is 631 g/mol. The van der Waals surface area contributed by atoms with Gasteiger partial charge >= 0.3 is 0 Å². The zero-order valence-corrected chi connectivity index (χ0v) is 26.9. The molecule has 226 valence electrons. The molecule has 10 rings (SSSR count). The molecule has 0 fully saturated rings. The average molecular weight is 632 g/mol. The lowest BCUT2D eigenvalue weighted by Crippen LogP contribution is -2.09. The fourth-order valence-electron chi connectivity index (χ4n) is 7.57. The molecule has 0 aliphatic heterocycles. The molecule has 0 N–H and O–H groups in total.